The van der Waals surface area contributed by atoms with Gasteiger partial charge < -0.3 is 10.1 Å². The van der Waals surface area contributed by atoms with Crippen molar-refractivity contribution in [1.82, 2.24) is 19.9 Å². The Labute approximate surface area is 123 Å². The van der Waals surface area contributed by atoms with Gasteiger partial charge in [-0.25, -0.2) is 0 Å². The van der Waals surface area contributed by atoms with Crippen LogP contribution in [0.4, 0.5) is 0 Å². The number of hydrogen-bond acceptors (Lipinski definition) is 4. The maximum absolute atomic E-state index is 12.4. The average molecular weight is 288 g/mol. The van der Waals surface area contributed by atoms with E-state index >= 15 is 0 Å². The van der Waals surface area contributed by atoms with Crippen LogP contribution in [0, 0.1) is 5.92 Å². The van der Waals surface area contributed by atoms with Crippen molar-refractivity contribution >= 4 is 11.6 Å². The van der Waals surface area contributed by atoms with Crippen molar-refractivity contribution in [3.05, 3.63) is 30.2 Å². The van der Waals surface area contributed by atoms with E-state index in [-0.39, 0.29) is 17.9 Å². The zero-order valence-electron chi connectivity index (χ0n) is 12.2. The van der Waals surface area contributed by atoms with E-state index in [2.05, 4.69) is 22.4 Å². The van der Waals surface area contributed by atoms with Gasteiger partial charge in [-0.3, -0.25) is 9.20 Å². The van der Waals surface area contributed by atoms with Gasteiger partial charge in [-0.2, -0.15) is 0 Å². The summed E-state index contributed by atoms with van der Waals surface area (Å²) in [5.41, 5.74) is 0.786. The maximum Gasteiger partial charge on any atom is 0.226 e. The number of carbonyl (C=O) groups is 1. The minimum absolute atomic E-state index is 0.0360. The molecule has 21 heavy (non-hydrogen) atoms. The number of fused-ring (bicyclic) bond motifs is 1. The highest BCUT2D eigenvalue weighted by Gasteiger charge is 2.30. The van der Waals surface area contributed by atoms with Gasteiger partial charge in [0.2, 0.25) is 5.91 Å². The topological polar surface area (TPSA) is 68.5 Å². The molecule has 1 fully saturated rings. The number of aromatic nitrogens is 3. The number of carbonyl (C=O) groups excluding carboxylic acids is 1. The summed E-state index contributed by atoms with van der Waals surface area (Å²) in [6.45, 7) is 3.20. The molecule has 6 nitrogen and oxygen atoms in total. The monoisotopic (exact) mass is 288 g/mol. The molecule has 1 amide bonds. The van der Waals surface area contributed by atoms with E-state index in [9.17, 15) is 4.79 Å². The average Bonchev–Trinajstić information content (AvgIpc) is 2.96. The van der Waals surface area contributed by atoms with Crippen LogP contribution in [0.5, 0.6) is 0 Å². The molecular formula is C15H20N4O2. The van der Waals surface area contributed by atoms with Gasteiger partial charge in [0.05, 0.1) is 18.6 Å². The van der Waals surface area contributed by atoms with Crippen LogP contribution in [0.15, 0.2) is 24.4 Å². The number of nitrogens with zero attached hydrogens (tertiary/aromatic N) is 3. The van der Waals surface area contributed by atoms with E-state index in [1.165, 1.54) is 0 Å². The fraction of sp³-hybridized carbons (Fsp3) is 0.533. The van der Waals surface area contributed by atoms with Crippen LogP contribution in [-0.4, -0.2) is 33.2 Å². The van der Waals surface area contributed by atoms with Crippen LogP contribution in [0.25, 0.3) is 5.65 Å². The lowest BCUT2D eigenvalue weighted by atomic mass is 9.92. The largest absolute Gasteiger partial charge is 0.377 e. The van der Waals surface area contributed by atoms with Gasteiger partial charge in [0, 0.05) is 12.8 Å². The summed E-state index contributed by atoms with van der Waals surface area (Å²) in [4.78, 5) is 12.4. The first kappa shape index (κ1) is 14.0. The molecule has 1 aliphatic rings. The highest BCUT2D eigenvalue weighted by Crippen LogP contribution is 2.23. The Morgan fingerprint density at radius 1 is 1.48 bits per heavy atom. The van der Waals surface area contributed by atoms with Gasteiger partial charge >= 0.3 is 0 Å². The summed E-state index contributed by atoms with van der Waals surface area (Å²) in [5, 5.41) is 11.2. The van der Waals surface area contributed by atoms with Crippen molar-refractivity contribution < 1.29 is 9.53 Å². The fourth-order valence-corrected chi connectivity index (χ4v) is 2.85. The number of nitrogens with one attached hydrogen (secondary N) is 1. The minimum atomic E-state index is -0.0528. The van der Waals surface area contributed by atoms with E-state index in [1.807, 2.05) is 28.8 Å². The Bertz CT molecular complexity index is 625. The summed E-state index contributed by atoms with van der Waals surface area (Å²) in [5.74, 6) is 0.737. The smallest absolute Gasteiger partial charge is 0.226 e. The molecule has 1 aliphatic heterocycles. The van der Waals surface area contributed by atoms with E-state index in [4.69, 9.17) is 4.74 Å². The Morgan fingerprint density at radius 3 is 3.24 bits per heavy atom. The van der Waals surface area contributed by atoms with Crippen LogP contribution >= 0.6 is 0 Å². The van der Waals surface area contributed by atoms with E-state index in [0.29, 0.717) is 6.54 Å². The van der Waals surface area contributed by atoms with Crippen molar-refractivity contribution in [2.45, 2.75) is 38.8 Å². The normalized spacial score (nSPS) is 22.3. The van der Waals surface area contributed by atoms with Crippen molar-refractivity contribution in [3.8, 4) is 0 Å². The predicted molar refractivity (Wildman–Crippen MR) is 77.6 cm³/mol. The molecule has 3 heterocycles. The highest BCUT2D eigenvalue weighted by molar-refractivity contribution is 5.79. The molecule has 1 saturated heterocycles. The quantitative estimate of drug-likeness (QED) is 0.927. The molecule has 0 unspecified atom stereocenters. The van der Waals surface area contributed by atoms with Crippen LogP contribution in [0.2, 0.25) is 0 Å². The van der Waals surface area contributed by atoms with Crippen LogP contribution in [0.1, 0.15) is 32.0 Å². The van der Waals surface area contributed by atoms with E-state index in [1.54, 1.807) is 0 Å². The molecular weight excluding hydrogens is 268 g/mol. The molecule has 0 bridgehead atoms. The second kappa shape index (κ2) is 6.22. The molecule has 2 aromatic rings. The van der Waals surface area contributed by atoms with Crippen molar-refractivity contribution in [1.29, 1.82) is 0 Å². The molecule has 0 radical (unpaired) electrons. The van der Waals surface area contributed by atoms with Crippen LogP contribution in [-0.2, 0) is 16.1 Å². The van der Waals surface area contributed by atoms with Gasteiger partial charge in [0.15, 0.2) is 11.5 Å². The SMILES string of the molecule is CC[C@@H]1OCCC[C@H]1C(=O)NCc1nnc2ccccn12. The lowest BCUT2D eigenvalue weighted by Gasteiger charge is -2.29. The summed E-state index contributed by atoms with van der Waals surface area (Å²) >= 11 is 0. The Hall–Kier alpha value is -1.95. The molecule has 3 rings (SSSR count). The van der Waals surface area contributed by atoms with Crippen LogP contribution < -0.4 is 5.32 Å². The standard InChI is InChI=1S/C15H20N4O2/c1-2-12-11(6-5-9-21-12)15(20)16-10-14-18-17-13-7-3-4-8-19(13)14/h3-4,7-8,11-12H,2,5-6,9-10H2,1H3,(H,16,20)/t11-,12+/m1/s1. The van der Waals surface area contributed by atoms with Crippen LogP contribution in [0.3, 0.4) is 0 Å². The second-order valence-corrected chi connectivity index (χ2v) is 5.33. The second-order valence-electron chi connectivity index (χ2n) is 5.33. The summed E-state index contributed by atoms with van der Waals surface area (Å²) < 4.78 is 7.56. The first-order valence-corrected chi connectivity index (χ1v) is 7.47. The lowest BCUT2D eigenvalue weighted by molar-refractivity contribution is -0.134. The third kappa shape index (κ3) is 2.90. The van der Waals surface area contributed by atoms with Gasteiger partial charge in [-0.15, -0.1) is 10.2 Å². The van der Waals surface area contributed by atoms with E-state index < -0.39 is 0 Å². The summed E-state index contributed by atoms with van der Waals surface area (Å²) in [7, 11) is 0. The maximum atomic E-state index is 12.4. The van der Waals surface area contributed by atoms with Crippen molar-refractivity contribution in [3.63, 3.8) is 0 Å². The Morgan fingerprint density at radius 2 is 2.38 bits per heavy atom. The molecule has 2 atom stereocenters. The van der Waals surface area contributed by atoms with Crippen molar-refractivity contribution in [2.24, 2.45) is 5.92 Å². The lowest BCUT2D eigenvalue weighted by Crippen LogP contribution is -2.41. The fourth-order valence-electron chi connectivity index (χ4n) is 2.85. The number of pyridine rings is 1. The molecule has 0 spiro atoms. The van der Waals surface area contributed by atoms with Gasteiger partial charge in [0.25, 0.3) is 0 Å². The summed E-state index contributed by atoms with van der Waals surface area (Å²) in [6.07, 6.45) is 4.64. The highest BCUT2D eigenvalue weighted by atomic mass is 16.5. The number of amides is 1. The molecule has 0 aliphatic carbocycles. The zero-order chi connectivity index (χ0) is 14.7. The molecule has 0 saturated carbocycles. The number of rotatable bonds is 4. The molecule has 1 N–H and O–H groups in total. The van der Waals surface area contributed by atoms with Gasteiger partial charge in [-0.1, -0.05) is 13.0 Å². The number of ether oxygens (including phenoxy) is 1. The molecule has 2 aromatic heterocycles. The van der Waals surface area contributed by atoms with Gasteiger partial charge in [-0.05, 0) is 31.4 Å². The first-order valence-electron chi connectivity index (χ1n) is 7.47. The first-order chi connectivity index (χ1) is 10.3. The number of hydrogen-bond donors (Lipinski definition) is 1. The molecule has 112 valence electrons. The minimum Gasteiger partial charge on any atom is -0.377 e. The zero-order valence-corrected chi connectivity index (χ0v) is 12.2. The predicted octanol–water partition coefficient (Wildman–Crippen LogP) is 1.55. The Kier molecular flexibility index (Phi) is 4.15. The van der Waals surface area contributed by atoms with Gasteiger partial charge in [0.1, 0.15) is 0 Å². The van der Waals surface area contributed by atoms with E-state index in [0.717, 1.165) is 37.3 Å². The third-order valence-corrected chi connectivity index (χ3v) is 3.98. The third-order valence-electron chi connectivity index (χ3n) is 3.98. The summed E-state index contributed by atoms with van der Waals surface area (Å²) in [6, 6.07) is 5.72. The Balaban J connectivity index is 1.65. The molecule has 6 heteroatoms. The molecule has 0 aromatic carbocycles. The van der Waals surface area contributed by atoms with Crippen molar-refractivity contribution in [2.75, 3.05) is 6.61 Å².